The molecule has 3 rings (SSSR count). The number of hydrogen-bond acceptors (Lipinski definition) is 6. The number of fused-ring (bicyclic) bond motifs is 1. The fourth-order valence-electron chi connectivity index (χ4n) is 2.33. The number of halogens is 1. The van der Waals surface area contributed by atoms with Crippen molar-refractivity contribution in [1.82, 2.24) is 9.97 Å². The molecule has 0 fully saturated rings. The predicted octanol–water partition coefficient (Wildman–Crippen LogP) is 2.14. The Kier molecular flexibility index (Phi) is 5.65. The number of H-pyrrole nitrogens is 1. The van der Waals surface area contributed by atoms with E-state index in [1.807, 2.05) is 22.6 Å². The van der Waals surface area contributed by atoms with Gasteiger partial charge in [-0.05, 0) is 52.9 Å². The average molecular weight is 538 g/mol. The summed E-state index contributed by atoms with van der Waals surface area (Å²) < 4.78 is 32.1. The van der Waals surface area contributed by atoms with Gasteiger partial charge in [0.25, 0.3) is 5.56 Å². The molecule has 5 N–H and O–H groups in total. The number of phosphoric acid groups is 2. The maximum atomic E-state index is 12.4. The van der Waals surface area contributed by atoms with Gasteiger partial charge in [0, 0.05) is 9.64 Å². The summed E-state index contributed by atoms with van der Waals surface area (Å²) in [7, 11) is -9.96. The minimum atomic E-state index is -5.04. The minimum Gasteiger partial charge on any atom is -0.404 e. The summed E-state index contributed by atoms with van der Waals surface area (Å²) in [5, 5.41) is 0.314. The van der Waals surface area contributed by atoms with Crippen LogP contribution in [0, 0.1) is 3.57 Å². The predicted molar refractivity (Wildman–Crippen MR) is 106 cm³/mol. The number of aromatic amines is 1. The van der Waals surface area contributed by atoms with Gasteiger partial charge in [0.2, 0.25) is 0 Å². The first-order chi connectivity index (χ1) is 12.9. The van der Waals surface area contributed by atoms with E-state index in [1.165, 1.54) is 6.07 Å². The van der Waals surface area contributed by atoms with Gasteiger partial charge in [0.05, 0.1) is 16.5 Å². The number of aromatic nitrogens is 2. The van der Waals surface area contributed by atoms with E-state index in [0.29, 0.717) is 10.9 Å². The van der Waals surface area contributed by atoms with Crippen LogP contribution in [0.2, 0.25) is 0 Å². The molecule has 1 heterocycles. The lowest BCUT2D eigenvalue weighted by Crippen LogP contribution is -2.10. The maximum Gasteiger partial charge on any atom is 0.524 e. The van der Waals surface area contributed by atoms with E-state index in [4.69, 9.17) is 19.6 Å². The highest BCUT2D eigenvalue weighted by Gasteiger charge is 2.23. The van der Waals surface area contributed by atoms with Crippen molar-refractivity contribution in [2.45, 2.75) is 0 Å². The topological polar surface area (TPSA) is 179 Å². The molecule has 0 spiro atoms. The van der Waals surface area contributed by atoms with Gasteiger partial charge in [-0.1, -0.05) is 0 Å². The first-order valence-corrected chi connectivity index (χ1v) is 11.4. The van der Waals surface area contributed by atoms with Crippen molar-refractivity contribution < 1.29 is 37.8 Å². The third kappa shape index (κ3) is 5.17. The Morgan fingerprint density at radius 1 is 0.964 bits per heavy atom. The van der Waals surface area contributed by atoms with Crippen LogP contribution in [0.3, 0.4) is 0 Å². The Bertz CT molecular complexity index is 1220. The summed E-state index contributed by atoms with van der Waals surface area (Å²) in [4.78, 5) is 55.1. The molecule has 0 unspecified atom stereocenters. The van der Waals surface area contributed by atoms with E-state index in [2.05, 4.69) is 19.0 Å². The van der Waals surface area contributed by atoms with Crippen molar-refractivity contribution in [3.63, 3.8) is 0 Å². The van der Waals surface area contributed by atoms with Crippen molar-refractivity contribution in [2.24, 2.45) is 0 Å². The number of nitrogens with one attached hydrogen (secondary N) is 1. The number of nitrogens with zero attached hydrogens (tertiary/aromatic N) is 1. The van der Waals surface area contributed by atoms with Crippen LogP contribution in [-0.4, -0.2) is 29.5 Å². The lowest BCUT2D eigenvalue weighted by molar-refractivity contribution is 0.280. The molecule has 0 saturated carbocycles. The van der Waals surface area contributed by atoms with Gasteiger partial charge in [-0.2, -0.15) is 0 Å². The summed E-state index contributed by atoms with van der Waals surface area (Å²) in [5.41, 5.74) is -0.188. The smallest absolute Gasteiger partial charge is 0.404 e. The fourth-order valence-corrected chi connectivity index (χ4v) is 3.62. The normalized spacial score (nSPS) is 12.2. The zero-order valence-corrected chi connectivity index (χ0v) is 17.5. The molecule has 0 saturated heterocycles. The van der Waals surface area contributed by atoms with E-state index in [1.54, 1.807) is 18.2 Å². The Labute approximate surface area is 170 Å². The van der Waals surface area contributed by atoms with E-state index < -0.39 is 32.7 Å². The van der Waals surface area contributed by atoms with Crippen LogP contribution < -0.4 is 14.6 Å². The first kappa shape index (κ1) is 20.9. The first-order valence-electron chi connectivity index (χ1n) is 7.25. The second-order valence-electron chi connectivity index (χ2n) is 5.40. The zero-order chi connectivity index (χ0) is 20.7. The van der Waals surface area contributed by atoms with Gasteiger partial charge in [-0.15, -0.1) is 0 Å². The van der Waals surface area contributed by atoms with Crippen LogP contribution in [0.4, 0.5) is 0 Å². The van der Waals surface area contributed by atoms with Crippen LogP contribution in [-0.2, 0) is 9.13 Å². The molecule has 14 heteroatoms. The molecular formula is C14H11IN2O9P2. The summed E-state index contributed by atoms with van der Waals surface area (Å²) >= 11 is 2.03. The van der Waals surface area contributed by atoms with E-state index in [-0.39, 0.29) is 11.4 Å². The van der Waals surface area contributed by atoms with Gasteiger partial charge in [-0.25, -0.2) is 14.1 Å². The van der Waals surface area contributed by atoms with Crippen molar-refractivity contribution in [3.8, 4) is 22.9 Å². The molecule has 1 aromatic heterocycles. The maximum absolute atomic E-state index is 12.4. The lowest BCUT2D eigenvalue weighted by atomic mass is 10.1. The highest BCUT2D eigenvalue weighted by Crippen LogP contribution is 2.45. The molecule has 28 heavy (non-hydrogen) atoms. The van der Waals surface area contributed by atoms with E-state index in [9.17, 15) is 13.9 Å². The number of phosphoric ester groups is 2. The second kappa shape index (κ2) is 7.56. The molecular weight excluding hydrogens is 527 g/mol. The summed E-state index contributed by atoms with van der Waals surface area (Å²) in [6.07, 6.45) is 0. The van der Waals surface area contributed by atoms with Crippen molar-refractivity contribution >= 4 is 49.1 Å². The van der Waals surface area contributed by atoms with E-state index >= 15 is 0 Å². The fraction of sp³-hybridized carbons (Fsp3) is 0. The highest BCUT2D eigenvalue weighted by molar-refractivity contribution is 14.1. The molecule has 2 aromatic carbocycles. The van der Waals surface area contributed by atoms with Crippen molar-refractivity contribution in [3.05, 3.63) is 50.3 Å². The molecule has 0 amide bonds. The molecule has 0 aliphatic rings. The molecule has 148 valence electrons. The molecule has 0 radical (unpaired) electrons. The van der Waals surface area contributed by atoms with Crippen LogP contribution in [0.25, 0.3) is 22.3 Å². The van der Waals surface area contributed by atoms with Gasteiger partial charge in [0.15, 0.2) is 0 Å². The second-order valence-corrected chi connectivity index (χ2v) is 8.97. The summed E-state index contributed by atoms with van der Waals surface area (Å²) in [6.45, 7) is 0. The number of hydrogen-bond donors (Lipinski definition) is 5. The van der Waals surface area contributed by atoms with Crippen LogP contribution >= 0.6 is 38.2 Å². The monoisotopic (exact) mass is 538 g/mol. The lowest BCUT2D eigenvalue weighted by Gasteiger charge is -2.14. The number of rotatable bonds is 5. The Morgan fingerprint density at radius 2 is 1.64 bits per heavy atom. The van der Waals surface area contributed by atoms with Crippen LogP contribution in [0.1, 0.15) is 0 Å². The molecule has 3 aromatic rings. The van der Waals surface area contributed by atoms with Crippen LogP contribution in [0.5, 0.6) is 11.5 Å². The molecule has 11 nitrogen and oxygen atoms in total. The Morgan fingerprint density at radius 3 is 2.29 bits per heavy atom. The largest absolute Gasteiger partial charge is 0.524 e. The quantitative estimate of drug-likeness (QED) is 0.239. The van der Waals surface area contributed by atoms with Gasteiger partial charge in [-0.3, -0.25) is 24.4 Å². The van der Waals surface area contributed by atoms with E-state index in [0.717, 1.165) is 15.7 Å². The number of benzene rings is 2. The molecule has 0 bridgehead atoms. The third-order valence-electron chi connectivity index (χ3n) is 3.32. The molecule has 0 atom stereocenters. The molecule has 0 aliphatic carbocycles. The summed E-state index contributed by atoms with van der Waals surface area (Å²) in [6, 6.07) is 8.13. The van der Waals surface area contributed by atoms with Crippen molar-refractivity contribution in [1.29, 1.82) is 0 Å². The summed E-state index contributed by atoms with van der Waals surface area (Å²) in [5.74, 6) is -0.963. The highest BCUT2D eigenvalue weighted by atomic mass is 125. The SMILES string of the molecule is O=c1[nH]c(-c2ccc(OP(=O)(O)O)cc2OP(=O)(O)O)nc2ccc([125I])cc12. The van der Waals surface area contributed by atoms with Gasteiger partial charge < -0.3 is 14.0 Å². The zero-order valence-electron chi connectivity index (χ0n) is 13.5. The average Bonchev–Trinajstić information content (AvgIpc) is 2.52. The minimum absolute atomic E-state index is 0.0288. The molecule has 0 aliphatic heterocycles. The van der Waals surface area contributed by atoms with Crippen molar-refractivity contribution in [2.75, 3.05) is 0 Å². The Balaban J connectivity index is 2.18. The standard InChI is InChI=1S/C14H11IN2O9P2/c15-7-1-4-11-10(5-7)14(18)17-13(16-11)9-3-2-8(25-27(19,20)21)6-12(9)26-28(22,23)24/h1-6H,(H,16,17,18)(H2,19,20,21)(H2,22,23,24)/i15-2. The van der Waals surface area contributed by atoms with Gasteiger partial charge >= 0.3 is 15.6 Å². The third-order valence-corrected chi connectivity index (χ3v) is 4.87. The Hall–Kier alpha value is -1.79. The van der Waals surface area contributed by atoms with Crippen LogP contribution in [0.15, 0.2) is 41.2 Å². The van der Waals surface area contributed by atoms with Gasteiger partial charge in [0.1, 0.15) is 17.3 Å².